The van der Waals surface area contributed by atoms with E-state index < -0.39 is 0 Å². The highest BCUT2D eigenvalue weighted by molar-refractivity contribution is 7.99. The molecular formula is C12H21NO2S. The summed E-state index contributed by atoms with van der Waals surface area (Å²) in [6.45, 7) is 3.35. The van der Waals surface area contributed by atoms with Gasteiger partial charge in [-0.3, -0.25) is 4.79 Å². The van der Waals surface area contributed by atoms with Gasteiger partial charge in [0, 0.05) is 0 Å². The van der Waals surface area contributed by atoms with Crippen molar-refractivity contribution in [1.29, 1.82) is 0 Å². The fourth-order valence-corrected chi connectivity index (χ4v) is 3.40. The molecule has 2 unspecified atom stereocenters. The Balaban J connectivity index is 1.84. The van der Waals surface area contributed by atoms with Crippen molar-refractivity contribution >= 4 is 17.7 Å². The Morgan fingerprint density at radius 1 is 1.50 bits per heavy atom. The second kappa shape index (κ2) is 5.92. The van der Waals surface area contributed by atoms with E-state index in [1.165, 1.54) is 18.6 Å². The molecule has 1 saturated heterocycles. The van der Waals surface area contributed by atoms with Crippen LogP contribution >= 0.6 is 11.8 Å². The Bertz CT molecular complexity index is 237. The van der Waals surface area contributed by atoms with Crippen LogP contribution in [0.1, 0.15) is 26.2 Å². The molecular weight excluding hydrogens is 222 g/mol. The Labute approximate surface area is 102 Å². The van der Waals surface area contributed by atoms with Crippen LogP contribution < -0.4 is 5.32 Å². The summed E-state index contributed by atoms with van der Waals surface area (Å²) in [4.78, 5) is 11.9. The van der Waals surface area contributed by atoms with Gasteiger partial charge in [0.25, 0.3) is 0 Å². The van der Waals surface area contributed by atoms with Crippen LogP contribution in [0.15, 0.2) is 0 Å². The van der Waals surface area contributed by atoms with E-state index in [9.17, 15) is 4.79 Å². The molecule has 1 heterocycles. The van der Waals surface area contributed by atoms with Crippen LogP contribution in [0.25, 0.3) is 0 Å². The lowest BCUT2D eigenvalue weighted by Gasteiger charge is -2.22. The van der Waals surface area contributed by atoms with Gasteiger partial charge in [0.15, 0.2) is 0 Å². The lowest BCUT2D eigenvalue weighted by molar-refractivity contribution is -0.147. The number of carbonyl (C=O) groups excluding carboxylic acids is 1. The highest BCUT2D eigenvalue weighted by Crippen LogP contribution is 2.30. The van der Waals surface area contributed by atoms with Crippen molar-refractivity contribution in [1.82, 2.24) is 5.32 Å². The number of ether oxygens (including phenoxy) is 1. The molecule has 1 N–H and O–H groups in total. The molecule has 4 heteroatoms. The van der Waals surface area contributed by atoms with Crippen LogP contribution in [-0.2, 0) is 9.53 Å². The van der Waals surface area contributed by atoms with Gasteiger partial charge in [0.2, 0.25) is 0 Å². The Hall–Kier alpha value is -0.220. The van der Waals surface area contributed by atoms with E-state index in [0.29, 0.717) is 12.5 Å². The summed E-state index contributed by atoms with van der Waals surface area (Å²) in [5, 5.41) is 3.42. The van der Waals surface area contributed by atoms with E-state index in [1.54, 1.807) is 0 Å². The second-order valence-electron chi connectivity index (χ2n) is 4.71. The molecule has 0 aromatic heterocycles. The molecule has 1 aliphatic heterocycles. The maximum Gasteiger partial charge on any atom is 0.323 e. The minimum atomic E-state index is -0.0597. The molecule has 0 aromatic carbocycles. The first kappa shape index (κ1) is 12.2. The van der Waals surface area contributed by atoms with E-state index in [4.69, 9.17) is 4.74 Å². The third kappa shape index (κ3) is 3.39. The zero-order chi connectivity index (χ0) is 11.4. The number of thioether (sulfide) groups is 1. The van der Waals surface area contributed by atoms with Crippen LogP contribution in [0.3, 0.4) is 0 Å². The molecule has 2 fully saturated rings. The van der Waals surface area contributed by atoms with Crippen LogP contribution in [0, 0.1) is 11.8 Å². The fraction of sp³-hybridized carbons (Fsp3) is 0.917. The van der Waals surface area contributed by atoms with Gasteiger partial charge in [0.05, 0.1) is 6.61 Å². The van der Waals surface area contributed by atoms with Crippen molar-refractivity contribution in [3.8, 4) is 0 Å². The average molecular weight is 243 g/mol. The lowest BCUT2D eigenvalue weighted by Crippen LogP contribution is -2.45. The van der Waals surface area contributed by atoms with Gasteiger partial charge in [-0.15, -0.1) is 0 Å². The third-order valence-corrected chi connectivity index (χ3v) is 4.49. The fourth-order valence-electron chi connectivity index (χ4n) is 2.11. The van der Waals surface area contributed by atoms with Crippen LogP contribution in [0.4, 0.5) is 0 Å². The molecule has 0 bridgehead atoms. The molecule has 0 aromatic rings. The quantitative estimate of drug-likeness (QED) is 0.720. The largest absolute Gasteiger partial charge is 0.465 e. The number of hydrogen-bond donors (Lipinski definition) is 1. The van der Waals surface area contributed by atoms with Gasteiger partial charge in [-0.25, -0.2) is 0 Å². The molecule has 1 aliphatic carbocycles. The molecule has 2 atom stereocenters. The van der Waals surface area contributed by atoms with Gasteiger partial charge in [0.1, 0.15) is 6.04 Å². The topological polar surface area (TPSA) is 38.3 Å². The monoisotopic (exact) mass is 243 g/mol. The van der Waals surface area contributed by atoms with Gasteiger partial charge in [-0.1, -0.05) is 0 Å². The molecule has 1 saturated carbocycles. The van der Waals surface area contributed by atoms with Crippen LogP contribution in [-0.4, -0.2) is 36.7 Å². The minimum Gasteiger partial charge on any atom is -0.465 e. The van der Waals surface area contributed by atoms with Crippen molar-refractivity contribution in [2.45, 2.75) is 32.2 Å². The van der Waals surface area contributed by atoms with E-state index in [-0.39, 0.29) is 12.0 Å². The highest BCUT2D eigenvalue weighted by Gasteiger charge is 2.33. The smallest absolute Gasteiger partial charge is 0.323 e. The zero-order valence-electron chi connectivity index (χ0n) is 9.91. The molecule has 2 aliphatic rings. The van der Waals surface area contributed by atoms with E-state index in [1.807, 2.05) is 18.7 Å². The summed E-state index contributed by atoms with van der Waals surface area (Å²) < 4.78 is 5.16. The summed E-state index contributed by atoms with van der Waals surface area (Å²) in [6.07, 6.45) is 3.79. The number of hydrogen-bond acceptors (Lipinski definition) is 4. The predicted octanol–water partition coefficient (Wildman–Crippen LogP) is 1.67. The first-order valence-corrected chi connectivity index (χ1v) is 7.44. The van der Waals surface area contributed by atoms with Crippen molar-refractivity contribution in [3.63, 3.8) is 0 Å². The first-order chi connectivity index (χ1) is 7.81. The number of esters is 1. The molecule has 0 amide bonds. The van der Waals surface area contributed by atoms with Gasteiger partial charge >= 0.3 is 5.97 Å². The van der Waals surface area contributed by atoms with Gasteiger partial charge in [-0.05, 0) is 56.1 Å². The van der Waals surface area contributed by atoms with Gasteiger partial charge < -0.3 is 10.1 Å². The predicted molar refractivity (Wildman–Crippen MR) is 66.6 cm³/mol. The molecule has 0 radical (unpaired) electrons. The SMILES string of the molecule is CCOC(=O)C(NCC1CC1)C1CCSC1. The Kier molecular flexibility index (Phi) is 4.53. The maximum absolute atomic E-state index is 11.9. The number of carbonyl (C=O) groups is 1. The average Bonchev–Trinajstić information content (AvgIpc) is 2.93. The summed E-state index contributed by atoms with van der Waals surface area (Å²) >= 11 is 1.95. The minimum absolute atomic E-state index is 0.0457. The highest BCUT2D eigenvalue weighted by atomic mass is 32.2. The molecule has 0 spiro atoms. The summed E-state index contributed by atoms with van der Waals surface area (Å²) in [6, 6.07) is -0.0597. The van der Waals surface area contributed by atoms with E-state index in [2.05, 4.69) is 5.32 Å². The zero-order valence-corrected chi connectivity index (χ0v) is 10.7. The lowest BCUT2D eigenvalue weighted by atomic mass is 9.99. The van der Waals surface area contributed by atoms with Crippen molar-refractivity contribution in [3.05, 3.63) is 0 Å². The second-order valence-corrected chi connectivity index (χ2v) is 5.85. The summed E-state index contributed by atoms with van der Waals surface area (Å²) in [5.74, 6) is 3.52. The summed E-state index contributed by atoms with van der Waals surface area (Å²) in [7, 11) is 0. The first-order valence-electron chi connectivity index (χ1n) is 6.29. The Morgan fingerprint density at radius 3 is 2.88 bits per heavy atom. The van der Waals surface area contributed by atoms with Crippen LogP contribution in [0.5, 0.6) is 0 Å². The number of rotatable bonds is 6. The normalized spacial score (nSPS) is 26.7. The van der Waals surface area contributed by atoms with E-state index in [0.717, 1.165) is 24.6 Å². The standard InChI is InChI=1S/C12H21NO2S/c1-2-15-12(14)11(10-5-6-16-8-10)13-7-9-3-4-9/h9-11,13H,2-8H2,1H3. The molecule has 3 nitrogen and oxygen atoms in total. The maximum atomic E-state index is 11.9. The number of nitrogens with one attached hydrogen (secondary N) is 1. The Morgan fingerprint density at radius 2 is 2.31 bits per heavy atom. The van der Waals surface area contributed by atoms with Crippen molar-refractivity contribution in [2.24, 2.45) is 11.8 Å². The summed E-state index contributed by atoms with van der Waals surface area (Å²) in [5.41, 5.74) is 0. The molecule has 16 heavy (non-hydrogen) atoms. The molecule has 92 valence electrons. The molecule has 2 rings (SSSR count). The van der Waals surface area contributed by atoms with Crippen LogP contribution in [0.2, 0.25) is 0 Å². The van der Waals surface area contributed by atoms with Crippen molar-refractivity contribution < 1.29 is 9.53 Å². The van der Waals surface area contributed by atoms with E-state index >= 15 is 0 Å². The van der Waals surface area contributed by atoms with Crippen molar-refractivity contribution in [2.75, 3.05) is 24.7 Å². The third-order valence-electron chi connectivity index (χ3n) is 3.30. The van der Waals surface area contributed by atoms with Gasteiger partial charge in [-0.2, -0.15) is 11.8 Å².